The molecule has 0 atom stereocenters. The molecule has 1 heterocycles. The summed E-state index contributed by atoms with van der Waals surface area (Å²) in [6, 6.07) is 8.57. The lowest BCUT2D eigenvalue weighted by molar-refractivity contribution is -0.0893. The van der Waals surface area contributed by atoms with E-state index in [0.29, 0.717) is 7.48 Å². The van der Waals surface area contributed by atoms with Crippen LogP contribution in [0.25, 0.3) is 10.8 Å². The molecule has 0 bridgehead atoms. The van der Waals surface area contributed by atoms with E-state index in [4.69, 9.17) is 14.0 Å². The van der Waals surface area contributed by atoms with Crippen LogP contribution in [0, 0.1) is 13.8 Å². The molecule has 0 saturated carbocycles. The first-order chi connectivity index (χ1) is 13.6. The third-order valence-corrected chi connectivity index (χ3v) is 7.35. The molecule has 0 aliphatic carbocycles. The van der Waals surface area contributed by atoms with Crippen molar-refractivity contribution in [3.8, 4) is 0 Å². The van der Waals surface area contributed by atoms with Crippen molar-refractivity contribution in [2.24, 2.45) is 0 Å². The maximum absolute atomic E-state index is 10.5. The Balaban J connectivity index is 2.07. The first-order valence-corrected chi connectivity index (χ1v) is 10.8. The lowest BCUT2D eigenvalue weighted by Crippen LogP contribution is -2.49. The second-order valence-corrected chi connectivity index (χ2v) is 10.7. The molecular weight excluding hydrogens is 374 g/mol. The van der Waals surface area contributed by atoms with Gasteiger partial charge in [0.15, 0.2) is 0 Å². The predicted octanol–water partition coefficient (Wildman–Crippen LogP) is 3.30. The zero-order valence-electron chi connectivity index (χ0n) is 20.3. The van der Waals surface area contributed by atoms with E-state index in [9.17, 15) is 5.11 Å². The Bertz CT molecular complexity index is 942. The number of aryl methyl sites for hydroxylation is 2. The Hall–Kier alpha value is -1.33. The van der Waals surface area contributed by atoms with Crippen molar-refractivity contribution in [1.82, 2.24) is 0 Å². The second-order valence-electron chi connectivity index (χ2n) is 10.7. The highest BCUT2D eigenvalue weighted by Gasteiger charge is 2.52. The van der Waals surface area contributed by atoms with Crippen molar-refractivity contribution in [3.05, 3.63) is 35.4 Å². The fourth-order valence-corrected chi connectivity index (χ4v) is 3.60. The molecule has 1 N–H and O–H groups in total. The maximum atomic E-state index is 10.5. The number of hydrogen-bond acceptors (Lipinski definition) is 4. The van der Waals surface area contributed by atoms with Gasteiger partial charge in [-0.25, -0.2) is 0 Å². The predicted molar refractivity (Wildman–Crippen MR) is 127 cm³/mol. The van der Waals surface area contributed by atoms with Crippen molar-refractivity contribution in [2.75, 3.05) is 0 Å². The van der Waals surface area contributed by atoms with E-state index in [1.807, 2.05) is 13.8 Å². The normalized spacial score (nSPS) is 18.8. The van der Waals surface area contributed by atoms with Crippen LogP contribution in [0.1, 0.15) is 66.5 Å². The van der Waals surface area contributed by atoms with Gasteiger partial charge in [-0.3, -0.25) is 0 Å². The summed E-state index contributed by atoms with van der Waals surface area (Å²) in [5.41, 5.74) is 2.11. The summed E-state index contributed by atoms with van der Waals surface area (Å²) in [5.74, 6) is 0. The van der Waals surface area contributed by atoms with Crippen molar-refractivity contribution in [1.29, 1.82) is 0 Å². The van der Waals surface area contributed by atoms with Crippen molar-refractivity contribution in [3.63, 3.8) is 0 Å². The molecular formula is C24H36B2O4. The van der Waals surface area contributed by atoms with Gasteiger partial charge in [-0.05, 0) is 90.9 Å². The quantitative estimate of drug-likeness (QED) is 0.769. The minimum absolute atomic E-state index is 0.389. The van der Waals surface area contributed by atoms with Crippen LogP contribution in [0.3, 0.4) is 0 Å². The molecule has 1 aliphatic rings. The van der Waals surface area contributed by atoms with Gasteiger partial charge in [-0.2, -0.15) is 0 Å². The summed E-state index contributed by atoms with van der Waals surface area (Å²) in [6.45, 7) is 19.9. The lowest BCUT2D eigenvalue weighted by atomic mass is 9.70. The summed E-state index contributed by atoms with van der Waals surface area (Å²) < 4.78 is 19.0. The zero-order chi connectivity index (χ0) is 22.7. The van der Waals surface area contributed by atoms with E-state index < -0.39 is 18.3 Å². The lowest BCUT2D eigenvalue weighted by Gasteiger charge is -2.37. The standard InChI is InChI=1S/C24H36B2O4/c1-15-11-14-18-17(19(15)25-28-22(5,6)21(3,4)27)13-12-16(2)20(18)26-29-23(7,8)24(9,10)30-26/h11-14,25,27H,1-10H3. The van der Waals surface area contributed by atoms with E-state index in [1.54, 1.807) is 13.8 Å². The Morgan fingerprint density at radius 3 is 1.90 bits per heavy atom. The Morgan fingerprint density at radius 2 is 1.37 bits per heavy atom. The van der Waals surface area contributed by atoms with Crippen LogP contribution in [0.4, 0.5) is 0 Å². The van der Waals surface area contributed by atoms with Crippen molar-refractivity contribution >= 4 is 36.3 Å². The maximum Gasteiger partial charge on any atom is 0.495 e. The van der Waals surface area contributed by atoms with E-state index in [-0.39, 0.29) is 11.2 Å². The molecule has 0 amide bonds. The molecule has 1 fully saturated rings. The van der Waals surface area contributed by atoms with Crippen LogP contribution in [-0.4, -0.2) is 42.1 Å². The van der Waals surface area contributed by atoms with Gasteiger partial charge < -0.3 is 19.1 Å². The number of rotatable bonds is 5. The molecule has 1 aliphatic heterocycles. The highest BCUT2D eigenvalue weighted by atomic mass is 16.7. The highest BCUT2D eigenvalue weighted by Crippen LogP contribution is 2.37. The smallest absolute Gasteiger partial charge is 0.427 e. The highest BCUT2D eigenvalue weighted by molar-refractivity contribution is 6.66. The molecule has 162 valence electrons. The minimum Gasteiger partial charge on any atom is -0.427 e. The first kappa shape index (κ1) is 23.3. The average molecular weight is 410 g/mol. The molecule has 3 rings (SSSR count). The summed E-state index contributed by atoms with van der Waals surface area (Å²) in [7, 11) is 0.00875. The Morgan fingerprint density at radius 1 is 0.867 bits per heavy atom. The fourth-order valence-electron chi connectivity index (χ4n) is 3.60. The van der Waals surface area contributed by atoms with E-state index >= 15 is 0 Å². The van der Waals surface area contributed by atoms with Crippen LogP contribution in [0.15, 0.2) is 24.3 Å². The molecule has 1 saturated heterocycles. The van der Waals surface area contributed by atoms with Gasteiger partial charge in [-0.1, -0.05) is 35.4 Å². The van der Waals surface area contributed by atoms with E-state index in [1.165, 1.54) is 0 Å². The van der Waals surface area contributed by atoms with Gasteiger partial charge in [0.1, 0.15) is 0 Å². The average Bonchev–Trinajstić information content (AvgIpc) is 2.80. The molecule has 0 radical (unpaired) electrons. The largest absolute Gasteiger partial charge is 0.495 e. The SMILES string of the molecule is Cc1ccc2c(B3OC(C)(C)C(C)(C)O3)c(C)ccc2c1BOC(C)(C)C(C)(C)O. The van der Waals surface area contributed by atoms with Crippen LogP contribution >= 0.6 is 0 Å². The number of fused-ring (bicyclic) bond motifs is 1. The molecule has 30 heavy (non-hydrogen) atoms. The molecule has 0 spiro atoms. The van der Waals surface area contributed by atoms with Crippen molar-refractivity contribution in [2.45, 2.75) is 91.6 Å². The molecule has 0 aromatic heterocycles. The van der Waals surface area contributed by atoms with Crippen LogP contribution < -0.4 is 10.9 Å². The van der Waals surface area contributed by atoms with Crippen molar-refractivity contribution < 1.29 is 19.1 Å². The zero-order valence-corrected chi connectivity index (χ0v) is 20.3. The van der Waals surface area contributed by atoms with Gasteiger partial charge in [-0.15, -0.1) is 0 Å². The van der Waals surface area contributed by atoms with Crippen LogP contribution in [0.5, 0.6) is 0 Å². The molecule has 0 unspecified atom stereocenters. The summed E-state index contributed by atoms with van der Waals surface area (Å²) in [4.78, 5) is 0. The van der Waals surface area contributed by atoms with Crippen LogP contribution in [0.2, 0.25) is 0 Å². The molecule has 4 nitrogen and oxygen atoms in total. The third kappa shape index (κ3) is 3.95. The van der Waals surface area contributed by atoms with Gasteiger partial charge in [0.2, 0.25) is 0 Å². The van der Waals surface area contributed by atoms with Gasteiger partial charge >= 0.3 is 14.6 Å². The molecule has 2 aromatic carbocycles. The van der Waals surface area contributed by atoms with Gasteiger partial charge in [0, 0.05) is 0 Å². The van der Waals surface area contributed by atoms with Gasteiger partial charge in [0.05, 0.1) is 22.4 Å². The third-order valence-electron chi connectivity index (χ3n) is 7.35. The number of aliphatic hydroxyl groups is 1. The monoisotopic (exact) mass is 410 g/mol. The molecule has 2 aromatic rings. The van der Waals surface area contributed by atoms with Gasteiger partial charge in [0.25, 0.3) is 0 Å². The topological polar surface area (TPSA) is 47.9 Å². The van der Waals surface area contributed by atoms with E-state index in [2.05, 4.69) is 65.8 Å². The summed E-state index contributed by atoms with van der Waals surface area (Å²) in [5, 5.41) is 12.7. The molecule has 6 heteroatoms. The summed E-state index contributed by atoms with van der Waals surface area (Å²) in [6.07, 6.45) is 0. The van der Waals surface area contributed by atoms with Crippen LogP contribution in [-0.2, 0) is 14.0 Å². The Kier molecular flexibility index (Phi) is 5.73. The summed E-state index contributed by atoms with van der Waals surface area (Å²) >= 11 is 0. The number of hydrogen-bond donors (Lipinski definition) is 1. The fraction of sp³-hybridized carbons (Fsp3) is 0.583. The van der Waals surface area contributed by atoms with E-state index in [0.717, 1.165) is 32.8 Å². The Labute approximate surface area is 182 Å². The first-order valence-electron chi connectivity index (χ1n) is 10.8. The second kappa shape index (κ2) is 7.37. The number of benzene rings is 2. The minimum atomic E-state index is -0.948.